The number of hydrogen-bond acceptors (Lipinski definition) is 3. The molecule has 112 valence electrons. The van der Waals surface area contributed by atoms with Crippen molar-refractivity contribution in [2.24, 2.45) is 11.8 Å². The van der Waals surface area contributed by atoms with Crippen LogP contribution in [-0.4, -0.2) is 19.3 Å². The van der Waals surface area contributed by atoms with Gasteiger partial charge in [-0.3, -0.25) is 0 Å². The number of rotatable bonds is 5. The predicted molar refractivity (Wildman–Crippen MR) is 80.2 cm³/mol. The predicted octanol–water partition coefficient (Wildman–Crippen LogP) is 3.95. The SMILES string of the molecule is CCC1CCC(C(O)c2cc(OC)cc(OC)c2)CC1. The Labute approximate surface area is 121 Å². The highest BCUT2D eigenvalue weighted by Gasteiger charge is 2.27. The van der Waals surface area contributed by atoms with Crippen LogP contribution in [0.2, 0.25) is 0 Å². The van der Waals surface area contributed by atoms with Crippen molar-refractivity contribution in [3.63, 3.8) is 0 Å². The molecule has 0 heterocycles. The second-order valence-electron chi connectivity index (χ2n) is 5.78. The Morgan fingerprint density at radius 2 is 1.60 bits per heavy atom. The zero-order valence-corrected chi connectivity index (χ0v) is 12.8. The van der Waals surface area contributed by atoms with Crippen LogP contribution < -0.4 is 9.47 Å². The molecular formula is C17H26O3. The first kappa shape index (κ1) is 15.2. The molecule has 20 heavy (non-hydrogen) atoms. The molecule has 0 spiro atoms. The number of methoxy groups -OCH3 is 2. The Bertz CT molecular complexity index is 400. The van der Waals surface area contributed by atoms with Crippen LogP contribution in [0.1, 0.15) is 50.7 Å². The Kier molecular flexibility index (Phi) is 5.30. The fourth-order valence-corrected chi connectivity index (χ4v) is 3.18. The molecule has 1 aromatic rings. The standard InChI is InChI=1S/C17H26O3/c1-4-12-5-7-13(8-6-12)17(18)14-9-15(19-2)11-16(10-14)20-3/h9-13,17-18H,4-8H2,1-3H3. The molecule has 1 aliphatic rings. The molecule has 1 atom stereocenters. The van der Waals surface area contributed by atoms with Crippen LogP contribution in [0, 0.1) is 11.8 Å². The van der Waals surface area contributed by atoms with E-state index < -0.39 is 6.10 Å². The minimum atomic E-state index is -0.420. The van der Waals surface area contributed by atoms with E-state index in [1.807, 2.05) is 18.2 Å². The Morgan fingerprint density at radius 1 is 1.05 bits per heavy atom. The van der Waals surface area contributed by atoms with Gasteiger partial charge in [-0.25, -0.2) is 0 Å². The molecule has 1 aromatic carbocycles. The molecule has 1 saturated carbocycles. The Balaban J connectivity index is 2.10. The van der Waals surface area contributed by atoms with Crippen molar-refractivity contribution in [3.05, 3.63) is 23.8 Å². The van der Waals surface area contributed by atoms with Gasteiger partial charge in [-0.05, 0) is 42.4 Å². The maximum Gasteiger partial charge on any atom is 0.122 e. The second kappa shape index (κ2) is 6.98. The molecule has 0 saturated heterocycles. The molecule has 3 nitrogen and oxygen atoms in total. The molecule has 0 amide bonds. The molecule has 0 bridgehead atoms. The smallest absolute Gasteiger partial charge is 0.122 e. The third-order valence-corrected chi connectivity index (χ3v) is 4.63. The van der Waals surface area contributed by atoms with Crippen molar-refractivity contribution in [1.29, 1.82) is 0 Å². The highest BCUT2D eigenvalue weighted by Crippen LogP contribution is 2.39. The first-order valence-electron chi connectivity index (χ1n) is 7.59. The largest absolute Gasteiger partial charge is 0.497 e. The molecule has 1 unspecified atom stereocenters. The van der Waals surface area contributed by atoms with Gasteiger partial charge in [0.15, 0.2) is 0 Å². The third kappa shape index (κ3) is 3.45. The number of hydrogen-bond donors (Lipinski definition) is 1. The number of aliphatic hydroxyl groups excluding tert-OH is 1. The lowest BCUT2D eigenvalue weighted by atomic mass is 9.77. The van der Waals surface area contributed by atoms with E-state index in [0.29, 0.717) is 5.92 Å². The molecule has 0 aromatic heterocycles. The number of ether oxygens (including phenoxy) is 2. The van der Waals surface area contributed by atoms with Gasteiger partial charge in [0.05, 0.1) is 20.3 Å². The van der Waals surface area contributed by atoms with Crippen LogP contribution >= 0.6 is 0 Å². The second-order valence-corrected chi connectivity index (χ2v) is 5.78. The van der Waals surface area contributed by atoms with Crippen LogP contribution in [0.4, 0.5) is 0 Å². The highest BCUT2D eigenvalue weighted by molar-refractivity contribution is 5.39. The van der Waals surface area contributed by atoms with E-state index in [1.54, 1.807) is 14.2 Å². The van der Waals surface area contributed by atoms with E-state index in [1.165, 1.54) is 19.3 Å². The van der Waals surface area contributed by atoms with Crippen molar-refractivity contribution in [2.45, 2.75) is 45.1 Å². The van der Waals surface area contributed by atoms with E-state index >= 15 is 0 Å². The van der Waals surface area contributed by atoms with Gasteiger partial charge >= 0.3 is 0 Å². The fraction of sp³-hybridized carbons (Fsp3) is 0.647. The topological polar surface area (TPSA) is 38.7 Å². The molecule has 1 aliphatic carbocycles. The van der Waals surface area contributed by atoms with Gasteiger partial charge < -0.3 is 14.6 Å². The van der Waals surface area contributed by atoms with E-state index in [0.717, 1.165) is 35.8 Å². The van der Waals surface area contributed by atoms with Crippen LogP contribution in [0.5, 0.6) is 11.5 Å². The zero-order chi connectivity index (χ0) is 14.5. The van der Waals surface area contributed by atoms with Crippen LogP contribution in [0.15, 0.2) is 18.2 Å². The summed E-state index contributed by atoms with van der Waals surface area (Å²) < 4.78 is 10.6. The van der Waals surface area contributed by atoms with Crippen molar-refractivity contribution in [2.75, 3.05) is 14.2 Å². The normalized spacial score (nSPS) is 24.2. The van der Waals surface area contributed by atoms with Crippen LogP contribution in [0.3, 0.4) is 0 Å². The van der Waals surface area contributed by atoms with Crippen molar-refractivity contribution in [1.82, 2.24) is 0 Å². The first-order valence-corrected chi connectivity index (χ1v) is 7.59. The Hall–Kier alpha value is -1.22. The van der Waals surface area contributed by atoms with E-state index in [4.69, 9.17) is 9.47 Å². The lowest BCUT2D eigenvalue weighted by molar-refractivity contribution is 0.0726. The summed E-state index contributed by atoms with van der Waals surface area (Å²) in [6.45, 7) is 2.26. The zero-order valence-electron chi connectivity index (χ0n) is 12.8. The lowest BCUT2D eigenvalue weighted by Crippen LogP contribution is -2.20. The van der Waals surface area contributed by atoms with Gasteiger partial charge in [-0.15, -0.1) is 0 Å². The number of aliphatic hydroxyl groups is 1. The maximum atomic E-state index is 10.6. The number of benzene rings is 1. The maximum absolute atomic E-state index is 10.6. The minimum absolute atomic E-state index is 0.356. The van der Waals surface area contributed by atoms with Gasteiger partial charge in [-0.1, -0.05) is 26.2 Å². The average Bonchev–Trinajstić information content (AvgIpc) is 2.53. The molecule has 2 rings (SSSR count). The monoisotopic (exact) mass is 278 g/mol. The van der Waals surface area contributed by atoms with Crippen molar-refractivity contribution >= 4 is 0 Å². The summed E-state index contributed by atoms with van der Waals surface area (Å²) in [5, 5.41) is 10.6. The minimum Gasteiger partial charge on any atom is -0.497 e. The van der Waals surface area contributed by atoms with E-state index in [9.17, 15) is 5.11 Å². The first-order chi connectivity index (χ1) is 9.67. The van der Waals surface area contributed by atoms with Gasteiger partial charge in [-0.2, -0.15) is 0 Å². The van der Waals surface area contributed by atoms with Gasteiger partial charge in [0, 0.05) is 6.07 Å². The fourth-order valence-electron chi connectivity index (χ4n) is 3.18. The summed E-state index contributed by atoms with van der Waals surface area (Å²) in [6.07, 6.45) is 5.53. The van der Waals surface area contributed by atoms with E-state index in [-0.39, 0.29) is 0 Å². The quantitative estimate of drug-likeness (QED) is 0.886. The van der Waals surface area contributed by atoms with Crippen LogP contribution in [-0.2, 0) is 0 Å². The summed E-state index contributed by atoms with van der Waals surface area (Å²) in [7, 11) is 3.27. The molecular weight excluding hydrogens is 252 g/mol. The van der Waals surface area contributed by atoms with Crippen molar-refractivity contribution < 1.29 is 14.6 Å². The van der Waals surface area contributed by atoms with Gasteiger partial charge in [0.1, 0.15) is 11.5 Å². The molecule has 0 aliphatic heterocycles. The molecule has 1 N–H and O–H groups in total. The Morgan fingerprint density at radius 3 is 2.05 bits per heavy atom. The molecule has 3 heteroatoms. The third-order valence-electron chi connectivity index (χ3n) is 4.63. The molecule has 0 radical (unpaired) electrons. The van der Waals surface area contributed by atoms with Crippen molar-refractivity contribution in [3.8, 4) is 11.5 Å². The van der Waals surface area contributed by atoms with E-state index in [2.05, 4.69) is 6.92 Å². The van der Waals surface area contributed by atoms with Crippen LogP contribution in [0.25, 0.3) is 0 Å². The summed E-state index contributed by atoms with van der Waals surface area (Å²) in [5.41, 5.74) is 0.904. The summed E-state index contributed by atoms with van der Waals surface area (Å²) in [5.74, 6) is 2.68. The summed E-state index contributed by atoms with van der Waals surface area (Å²) >= 11 is 0. The molecule has 1 fully saturated rings. The van der Waals surface area contributed by atoms with Gasteiger partial charge in [0.25, 0.3) is 0 Å². The van der Waals surface area contributed by atoms with Gasteiger partial charge in [0.2, 0.25) is 0 Å². The summed E-state index contributed by atoms with van der Waals surface area (Å²) in [4.78, 5) is 0. The lowest BCUT2D eigenvalue weighted by Gasteiger charge is -2.31. The highest BCUT2D eigenvalue weighted by atomic mass is 16.5. The summed E-state index contributed by atoms with van der Waals surface area (Å²) in [6, 6.07) is 5.67. The average molecular weight is 278 g/mol.